The van der Waals surface area contributed by atoms with Crippen LogP contribution in [0, 0.1) is 0 Å². The molecule has 0 aliphatic carbocycles. The van der Waals surface area contributed by atoms with Gasteiger partial charge in [-0.1, -0.05) is 35.2 Å². The van der Waals surface area contributed by atoms with Gasteiger partial charge < -0.3 is 4.84 Å². The van der Waals surface area contributed by atoms with Crippen molar-refractivity contribution in [3.05, 3.63) is 42.1 Å². The Kier molecular flexibility index (Phi) is 3.24. The maximum atomic E-state index is 5.48. The molecule has 0 radical (unpaired) electrons. The highest BCUT2D eigenvalue weighted by Crippen LogP contribution is 2.10. The standard InChI is InChI=1S/C10H11N3OS/c1-15-10-7-11-12-13(10)14-8-9-5-3-2-4-6-9/h2-7H,8H2,1H3. The third kappa shape index (κ3) is 2.50. The molecule has 0 spiro atoms. The number of benzene rings is 1. The number of aromatic nitrogens is 3. The second-order valence-electron chi connectivity index (χ2n) is 2.91. The average molecular weight is 221 g/mol. The highest BCUT2D eigenvalue weighted by Gasteiger charge is 2.02. The molecule has 0 fully saturated rings. The summed E-state index contributed by atoms with van der Waals surface area (Å²) in [7, 11) is 0. The van der Waals surface area contributed by atoms with Crippen molar-refractivity contribution in [1.29, 1.82) is 0 Å². The molecule has 1 aromatic heterocycles. The largest absolute Gasteiger partial charge is 0.390 e. The molecule has 0 N–H and O–H groups in total. The first-order valence-corrected chi connectivity index (χ1v) is 5.74. The minimum Gasteiger partial charge on any atom is -0.390 e. The molecule has 0 aliphatic heterocycles. The minimum absolute atomic E-state index is 0.498. The molecule has 0 amide bonds. The lowest BCUT2D eigenvalue weighted by Crippen LogP contribution is -2.13. The van der Waals surface area contributed by atoms with Gasteiger partial charge in [0.25, 0.3) is 0 Å². The van der Waals surface area contributed by atoms with Gasteiger partial charge in [0.2, 0.25) is 0 Å². The van der Waals surface area contributed by atoms with Crippen molar-refractivity contribution in [2.45, 2.75) is 11.6 Å². The first-order chi connectivity index (χ1) is 7.40. The van der Waals surface area contributed by atoms with Crippen LogP contribution in [-0.4, -0.2) is 21.4 Å². The van der Waals surface area contributed by atoms with Gasteiger partial charge in [-0.2, -0.15) is 0 Å². The van der Waals surface area contributed by atoms with Crippen molar-refractivity contribution < 1.29 is 4.84 Å². The summed E-state index contributed by atoms with van der Waals surface area (Å²) in [4.78, 5) is 6.92. The lowest BCUT2D eigenvalue weighted by Gasteiger charge is -2.05. The van der Waals surface area contributed by atoms with E-state index in [-0.39, 0.29) is 0 Å². The Balaban J connectivity index is 1.99. The second-order valence-corrected chi connectivity index (χ2v) is 3.73. The van der Waals surface area contributed by atoms with E-state index in [0.717, 1.165) is 10.6 Å². The van der Waals surface area contributed by atoms with Crippen LogP contribution >= 0.6 is 11.8 Å². The molecule has 0 aliphatic rings. The molecule has 2 rings (SSSR count). The molecule has 0 saturated carbocycles. The fraction of sp³-hybridized carbons (Fsp3) is 0.200. The van der Waals surface area contributed by atoms with Gasteiger partial charge in [-0.25, -0.2) is 0 Å². The third-order valence-electron chi connectivity index (χ3n) is 1.90. The summed E-state index contributed by atoms with van der Waals surface area (Å²) in [6, 6.07) is 9.96. The summed E-state index contributed by atoms with van der Waals surface area (Å²) in [6.07, 6.45) is 3.64. The van der Waals surface area contributed by atoms with Gasteiger partial charge >= 0.3 is 0 Å². The minimum atomic E-state index is 0.498. The number of hydrogen-bond donors (Lipinski definition) is 0. The Morgan fingerprint density at radius 1 is 1.33 bits per heavy atom. The summed E-state index contributed by atoms with van der Waals surface area (Å²) in [6.45, 7) is 0.498. The number of hydrogen-bond acceptors (Lipinski definition) is 4. The van der Waals surface area contributed by atoms with Crippen LogP contribution in [0.4, 0.5) is 0 Å². The maximum Gasteiger partial charge on any atom is 0.156 e. The van der Waals surface area contributed by atoms with E-state index in [0.29, 0.717) is 6.61 Å². The molecule has 1 heterocycles. The van der Waals surface area contributed by atoms with Crippen molar-refractivity contribution in [2.75, 3.05) is 6.26 Å². The van der Waals surface area contributed by atoms with E-state index in [1.54, 1.807) is 18.0 Å². The Morgan fingerprint density at radius 2 is 2.13 bits per heavy atom. The number of thioether (sulfide) groups is 1. The average Bonchev–Trinajstić information content (AvgIpc) is 2.75. The molecule has 15 heavy (non-hydrogen) atoms. The zero-order chi connectivity index (χ0) is 10.5. The van der Waals surface area contributed by atoms with Crippen LogP contribution in [0.3, 0.4) is 0 Å². The van der Waals surface area contributed by atoms with E-state index < -0.39 is 0 Å². The summed E-state index contributed by atoms with van der Waals surface area (Å²) in [5.74, 6) is 0. The second kappa shape index (κ2) is 4.84. The Morgan fingerprint density at radius 3 is 2.87 bits per heavy atom. The van der Waals surface area contributed by atoms with Crippen molar-refractivity contribution >= 4 is 11.8 Å². The monoisotopic (exact) mass is 221 g/mol. The zero-order valence-electron chi connectivity index (χ0n) is 8.33. The van der Waals surface area contributed by atoms with Gasteiger partial charge in [0.1, 0.15) is 6.61 Å². The van der Waals surface area contributed by atoms with Crippen LogP contribution in [0.5, 0.6) is 0 Å². The first kappa shape index (κ1) is 10.0. The highest BCUT2D eigenvalue weighted by atomic mass is 32.2. The predicted molar refractivity (Wildman–Crippen MR) is 58.5 cm³/mol. The van der Waals surface area contributed by atoms with Crippen molar-refractivity contribution in [1.82, 2.24) is 15.2 Å². The van der Waals surface area contributed by atoms with Gasteiger partial charge in [-0.3, -0.25) is 0 Å². The normalized spacial score (nSPS) is 10.2. The molecule has 0 unspecified atom stereocenters. The maximum absolute atomic E-state index is 5.48. The predicted octanol–water partition coefficient (Wildman–Crippen LogP) is 1.63. The van der Waals surface area contributed by atoms with Crippen LogP contribution in [-0.2, 0) is 6.61 Å². The van der Waals surface area contributed by atoms with Crippen LogP contribution in [0.1, 0.15) is 5.56 Å². The number of nitrogens with zero attached hydrogens (tertiary/aromatic N) is 3. The molecular weight excluding hydrogens is 210 g/mol. The van der Waals surface area contributed by atoms with E-state index in [9.17, 15) is 0 Å². The van der Waals surface area contributed by atoms with E-state index in [1.165, 1.54) is 4.85 Å². The third-order valence-corrected chi connectivity index (χ3v) is 2.57. The summed E-state index contributed by atoms with van der Waals surface area (Å²) < 4.78 is 0. The fourth-order valence-corrected chi connectivity index (χ4v) is 1.54. The molecule has 1 aromatic carbocycles. The summed E-state index contributed by atoms with van der Waals surface area (Å²) in [5, 5.41) is 8.49. The highest BCUT2D eigenvalue weighted by molar-refractivity contribution is 7.98. The van der Waals surface area contributed by atoms with Crippen LogP contribution in [0.25, 0.3) is 0 Å². The quantitative estimate of drug-likeness (QED) is 0.736. The summed E-state index contributed by atoms with van der Waals surface area (Å²) in [5.41, 5.74) is 1.11. The molecule has 0 bridgehead atoms. The Hall–Kier alpha value is -1.49. The van der Waals surface area contributed by atoms with Crippen molar-refractivity contribution in [3.8, 4) is 0 Å². The molecule has 0 saturated heterocycles. The van der Waals surface area contributed by atoms with Gasteiger partial charge in [0, 0.05) is 0 Å². The van der Waals surface area contributed by atoms with Crippen molar-refractivity contribution in [3.63, 3.8) is 0 Å². The van der Waals surface area contributed by atoms with E-state index in [4.69, 9.17) is 4.84 Å². The van der Waals surface area contributed by atoms with Gasteiger partial charge in [-0.05, 0) is 17.0 Å². The van der Waals surface area contributed by atoms with Crippen LogP contribution in [0.15, 0.2) is 41.6 Å². The fourth-order valence-electron chi connectivity index (χ4n) is 1.15. The van der Waals surface area contributed by atoms with E-state index in [2.05, 4.69) is 10.3 Å². The molecule has 5 heteroatoms. The topological polar surface area (TPSA) is 39.9 Å². The van der Waals surface area contributed by atoms with Gasteiger partial charge in [-0.15, -0.1) is 16.9 Å². The van der Waals surface area contributed by atoms with Gasteiger partial charge in [0.15, 0.2) is 5.03 Å². The van der Waals surface area contributed by atoms with E-state index in [1.807, 2.05) is 36.6 Å². The Labute approximate surface area is 92.2 Å². The molecule has 78 valence electrons. The SMILES string of the molecule is CSc1cnnn1OCc1ccccc1. The Bertz CT molecular complexity index is 416. The zero-order valence-corrected chi connectivity index (χ0v) is 9.15. The molecular formula is C10H11N3OS. The number of rotatable bonds is 4. The van der Waals surface area contributed by atoms with E-state index >= 15 is 0 Å². The van der Waals surface area contributed by atoms with Crippen LogP contribution in [0.2, 0.25) is 0 Å². The lowest BCUT2D eigenvalue weighted by atomic mass is 10.2. The lowest BCUT2D eigenvalue weighted by molar-refractivity contribution is 0.0494. The van der Waals surface area contributed by atoms with Crippen LogP contribution < -0.4 is 4.84 Å². The molecule has 4 nitrogen and oxygen atoms in total. The van der Waals surface area contributed by atoms with Crippen molar-refractivity contribution in [2.24, 2.45) is 0 Å². The molecule has 0 atom stereocenters. The summed E-state index contributed by atoms with van der Waals surface area (Å²) >= 11 is 1.55. The smallest absolute Gasteiger partial charge is 0.156 e. The van der Waals surface area contributed by atoms with Gasteiger partial charge in [0.05, 0.1) is 6.20 Å². The first-order valence-electron chi connectivity index (χ1n) is 4.52. The molecule has 2 aromatic rings.